The number of alkyl halides is 3. The fourth-order valence-electron chi connectivity index (χ4n) is 1.60. The summed E-state index contributed by atoms with van der Waals surface area (Å²) in [5, 5.41) is 0. The van der Waals surface area contributed by atoms with Crippen LogP contribution in [0.5, 0.6) is 0 Å². The van der Waals surface area contributed by atoms with E-state index < -0.39 is 12.1 Å². The molecule has 0 saturated heterocycles. The third-order valence-electron chi connectivity index (χ3n) is 2.75. The molecule has 2 N–H and O–H groups in total. The predicted octanol–water partition coefficient (Wildman–Crippen LogP) is 1.78. The Morgan fingerprint density at radius 3 is 2.60 bits per heavy atom. The maximum Gasteiger partial charge on any atom is 0.394 e. The van der Waals surface area contributed by atoms with Crippen molar-refractivity contribution >= 4 is 0 Å². The van der Waals surface area contributed by atoms with Gasteiger partial charge in [0.05, 0.1) is 5.92 Å². The van der Waals surface area contributed by atoms with Crippen LogP contribution in [-0.4, -0.2) is 37.3 Å². The highest BCUT2D eigenvalue weighted by atomic mass is 19.4. The molecule has 1 aliphatic heterocycles. The molecule has 88 valence electrons. The summed E-state index contributed by atoms with van der Waals surface area (Å²) in [5.74, 6) is -1.40. The zero-order valence-electron chi connectivity index (χ0n) is 8.85. The summed E-state index contributed by atoms with van der Waals surface area (Å²) >= 11 is 0. The highest BCUT2D eigenvalue weighted by Crippen LogP contribution is 2.26. The largest absolute Gasteiger partial charge is 0.394 e. The molecule has 0 amide bonds. The lowest BCUT2D eigenvalue weighted by Crippen LogP contribution is -2.42. The fourth-order valence-corrected chi connectivity index (χ4v) is 1.60. The molecule has 5 heteroatoms. The van der Waals surface area contributed by atoms with Crippen LogP contribution in [-0.2, 0) is 0 Å². The smallest absolute Gasteiger partial charge is 0.330 e. The minimum atomic E-state index is -4.18. The molecule has 0 aromatic heterocycles. The van der Waals surface area contributed by atoms with Crippen LogP contribution in [0.4, 0.5) is 13.2 Å². The lowest BCUT2D eigenvalue weighted by atomic mass is 10.1. The number of hydrogen-bond donors (Lipinski definition) is 1. The number of nitrogens with two attached hydrogens (primary N) is 1. The van der Waals surface area contributed by atoms with Gasteiger partial charge in [-0.25, -0.2) is 0 Å². The highest BCUT2D eigenvalue weighted by Gasteiger charge is 2.39. The first-order valence-electron chi connectivity index (χ1n) is 5.08. The second-order valence-corrected chi connectivity index (χ2v) is 4.03. The molecule has 0 bridgehead atoms. The van der Waals surface area contributed by atoms with E-state index in [1.807, 2.05) is 13.0 Å². The van der Waals surface area contributed by atoms with Gasteiger partial charge in [0, 0.05) is 26.2 Å². The van der Waals surface area contributed by atoms with E-state index in [1.165, 1.54) is 5.57 Å². The van der Waals surface area contributed by atoms with Gasteiger partial charge in [0.2, 0.25) is 0 Å². The summed E-state index contributed by atoms with van der Waals surface area (Å²) in [7, 11) is 0. The van der Waals surface area contributed by atoms with Gasteiger partial charge < -0.3 is 5.73 Å². The minimum absolute atomic E-state index is 0.0176. The van der Waals surface area contributed by atoms with Crippen molar-refractivity contribution in [2.45, 2.75) is 19.5 Å². The predicted molar refractivity (Wildman–Crippen MR) is 53.4 cm³/mol. The van der Waals surface area contributed by atoms with E-state index in [1.54, 1.807) is 4.90 Å². The molecule has 15 heavy (non-hydrogen) atoms. The summed E-state index contributed by atoms with van der Waals surface area (Å²) < 4.78 is 37.3. The van der Waals surface area contributed by atoms with Crippen molar-refractivity contribution < 1.29 is 13.2 Å². The molecule has 0 aromatic rings. The van der Waals surface area contributed by atoms with Crippen molar-refractivity contribution in [2.75, 3.05) is 26.2 Å². The van der Waals surface area contributed by atoms with E-state index >= 15 is 0 Å². The lowest BCUT2D eigenvalue weighted by molar-refractivity contribution is -0.176. The zero-order chi connectivity index (χ0) is 11.5. The van der Waals surface area contributed by atoms with Gasteiger partial charge >= 0.3 is 6.18 Å². The molecule has 0 saturated carbocycles. The second kappa shape index (κ2) is 4.99. The monoisotopic (exact) mass is 222 g/mol. The lowest BCUT2D eigenvalue weighted by Gasteiger charge is -2.29. The van der Waals surface area contributed by atoms with Gasteiger partial charge in [-0.3, -0.25) is 4.90 Å². The van der Waals surface area contributed by atoms with Crippen molar-refractivity contribution in [3.63, 3.8) is 0 Å². The first kappa shape index (κ1) is 12.5. The van der Waals surface area contributed by atoms with Crippen LogP contribution in [0, 0.1) is 5.92 Å². The molecule has 1 aliphatic rings. The first-order valence-corrected chi connectivity index (χ1v) is 5.08. The molecular formula is C10H17F3N2. The number of rotatable bonds is 3. The van der Waals surface area contributed by atoms with Crippen LogP contribution in [0.15, 0.2) is 11.6 Å². The topological polar surface area (TPSA) is 29.3 Å². The van der Waals surface area contributed by atoms with Crippen molar-refractivity contribution in [1.82, 2.24) is 4.90 Å². The van der Waals surface area contributed by atoms with Crippen molar-refractivity contribution in [3.8, 4) is 0 Å². The average Bonchev–Trinajstić information content (AvgIpc) is 2.15. The van der Waals surface area contributed by atoms with Gasteiger partial charge in [-0.05, 0) is 13.3 Å². The van der Waals surface area contributed by atoms with Gasteiger partial charge in [0.15, 0.2) is 0 Å². The Morgan fingerprint density at radius 1 is 1.53 bits per heavy atom. The average molecular weight is 222 g/mol. The first-order chi connectivity index (χ1) is 6.93. The van der Waals surface area contributed by atoms with Crippen LogP contribution < -0.4 is 5.73 Å². The summed E-state index contributed by atoms with van der Waals surface area (Å²) in [5.41, 5.74) is 6.39. The van der Waals surface area contributed by atoms with Crippen molar-refractivity contribution in [1.29, 1.82) is 0 Å². The summed E-state index contributed by atoms with van der Waals surface area (Å²) in [4.78, 5) is 1.80. The third kappa shape index (κ3) is 3.83. The quantitative estimate of drug-likeness (QED) is 0.737. The van der Waals surface area contributed by atoms with E-state index in [4.69, 9.17) is 5.73 Å². The van der Waals surface area contributed by atoms with Gasteiger partial charge in [-0.1, -0.05) is 11.6 Å². The summed E-state index contributed by atoms with van der Waals surface area (Å²) in [6.45, 7) is 3.00. The van der Waals surface area contributed by atoms with Crippen molar-refractivity contribution in [2.24, 2.45) is 11.7 Å². The van der Waals surface area contributed by atoms with Gasteiger partial charge in [0.1, 0.15) is 0 Å². The Hall–Kier alpha value is -0.550. The molecule has 0 aliphatic carbocycles. The Labute approximate surface area is 87.9 Å². The maximum absolute atomic E-state index is 12.4. The SMILES string of the molecule is CC1=CCN(CC(CN)C(F)(F)F)CC1. The molecule has 1 rings (SSSR count). The molecule has 1 unspecified atom stereocenters. The fraction of sp³-hybridized carbons (Fsp3) is 0.800. The minimum Gasteiger partial charge on any atom is -0.330 e. The molecule has 0 fully saturated rings. The number of halogens is 3. The molecule has 0 spiro atoms. The Kier molecular flexibility index (Phi) is 4.16. The van der Waals surface area contributed by atoms with Crippen LogP contribution in [0.2, 0.25) is 0 Å². The van der Waals surface area contributed by atoms with Crippen LogP contribution in [0.3, 0.4) is 0 Å². The summed E-state index contributed by atoms with van der Waals surface area (Å²) in [6.07, 6.45) is -1.34. The van der Waals surface area contributed by atoms with E-state index in [-0.39, 0.29) is 13.1 Å². The van der Waals surface area contributed by atoms with E-state index in [0.29, 0.717) is 13.1 Å². The second-order valence-electron chi connectivity index (χ2n) is 4.03. The number of nitrogens with zero attached hydrogens (tertiary/aromatic N) is 1. The van der Waals surface area contributed by atoms with Gasteiger partial charge in [0.25, 0.3) is 0 Å². The summed E-state index contributed by atoms with van der Waals surface area (Å²) in [6, 6.07) is 0. The zero-order valence-corrected chi connectivity index (χ0v) is 8.85. The van der Waals surface area contributed by atoms with E-state index in [2.05, 4.69) is 0 Å². The Morgan fingerprint density at radius 2 is 2.20 bits per heavy atom. The van der Waals surface area contributed by atoms with Gasteiger partial charge in [-0.2, -0.15) is 13.2 Å². The van der Waals surface area contributed by atoms with Crippen molar-refractivity contribution in [3.05, 3.63) is 11.6 Å². The van der Waals surface area contributed by atoms with E-state index in [0.717, 1.165) is 6.42 Å². The number of hydrogen-bond acceptors (Lipinski definition) is 2. The van der Waals surface area contributed by atoms with Crippen LogP contribution in [0.25, 0.3) is 0 Å². The van der Waals surface area contributed by atoms with Crippen LogP contribution in [0.1, 0.15) is 13.3 Å². The molecule has 1 atom stereocenters. The third-order valence-corrected chi connectivity index (χ3v) is 2.75. The highest BCUT2D eigenvalue weighted by molar-refractivity contribution is 5.03. The molecular weight excluding hydrogens is 205 g/mol. The molecule has 1 heterocycles. The maximum atomic E-state index is 12.4. The molecule has 0 aromatic carbocycles. The Balaban J connectivity index is 2.47. The van der Waals surface area contributed by atoms with Crippen LogP contribution >= 0.6 is 0 Å². The Bertz CT molecular complexity index is 235. The van der Waals surface area contributed by atoms with E-state index in [9.17, 15) is 13.2 Å². The standard InChI is InChI=1S/C10H17F3N2/c1-8-2-4-15(5-3-8)7-9(6-14)10(11,12)13/h2,9H,3-7,14H2,1H3. The molecule has 2 nitrogen and oxygen atoms in total. The van der Waals surface area contributed by atoms with Gasteiger partial charge in [-0.15, -0.1) is 0 Å². The molecule has 0 radical (unpaired) electrons. The normalized spacial score (nSPS) is 21.3.